The Morgan fingerprint density at radius 2 is 1.89 bits per heavy atom. The monoisotopic (exact) mass is 497 g/mol. The molecule has 0 radical (unpaired) electrons. The van der Waals surface area contributed by atoms with Crippen molar-refractivity contribution in [2.24, 2.45) is 5.41 Å². The summed E-state index contributed by atoms with van der Waals surface area (Å²) in [5, 5.41) is 9.70. The Labute approximate surface area is 206 Å². The maximum atomic E-state index is 13.5. The van der Waals surface area contributed by atoms with Crippen LogP contribution < -0.4 is 9.80 Å². The highest BCUT2D eigenvalue weighted by Gasteiger charge is 2.54. The highest BCUT2D eigenvalue weighted by molar-refractivity contribution is 6.30. The molecule has 1 aromatic carbocycles. The number of rotatable bonds is 4. The van der Waals surface area contributed by atoms with Crippen LogP contribution in [0.1, 0.15) is 11.4 Å². The summed E-state index contributed by atoms with van der Waals surface area (Å²) in [5.41, 5.74) is 2.12. The lowest BCUT2D eigenvalue weighted by atomic mass is 9.73. The number of aromatic nitrogens is 5. The Balaban J connectivity index is 1.23. The van der Waals surface area contributed by atoms with Crippen LogP contribution in [-0.2, 0) is 17.9 Å². The van der Waals surface area contributed by atoms with E-state index in [2.05, 4.69) is 34.5 Å². The van der Waals surface area contributed by atoms with E-state index in [0.29, 0.717) is 24.1 Å². The van der Waals surface area contributed by atoms with Crippen molar-refractivity contribution >= 4 is 29.4 Å². The zero-order chi connectivity index (χ0) is 24.3. The van der Waals surface area contributed by atoms with Gasteiger partial charge in [-0.2, -0.15) is 9.37 Å². The number of likely N-dealkylation sites (N-methyl/N-ethyl adjacent to an activating group) is 1. The van der Waals surface area contributed by atoms with E-state index in [1.54, 1.807) is 19.0 Å². The highest BCUT2D eigenvalue weighted by Crippen LogP contribution is 2.43. The summed E-state index contributed by atoms with van der Waals surface area (Å²) in [7, 11) is 3.51. The largest absolute Gasteiger partial charge is 0.348 e. The molecular weight excluding hydrogens is 473 g/mol. The van der Waals surface area contributed by atoms with Gasteiger partial charge in [0, 0.05) is 69.5 Å². The SMILES string of the molecule is CN(C)C(=O)CN1Cc2cc(Cl)ccc2-n2c(nnc2N2CC3(CN(c4nccc(F)n4)C3)C2)C1. The smallest absolute Gasteiger partial charge is 0.236 e. The minimum atomic E-state index is -0.516. The van der Waals surface area contributed by atoms with Gasteiger partial charge in [-0.05, 0) is 23.8 Å². The molecule has 10 nitrogen and oxygen atoms in total. The number of anilines is 2. The van der Waals surface area contributed by atoms with Gasteiger partial charge in [0.15, 0.2) is 5.82 Å². The molecule has 182 valence electrons. The molecule has 1 amide bonds. The summed E-state index contributed by atoms with van der Waals surface area (Å²) in [5.74, 6) is 1.52. The second kappa shape index (κ2) is 8.13. The third kappa shape index (κ3) is 3.88. The van der Waals surface area contributed by atoms with Crippen molar-refractivity contribution in [3.63, 3.8) is 0 Å². The van der Waals surface area contributed by atoms with Gasteiger partial charge in [-0.3, -0.25) is 14.3 Å². The number of carbonyl (C=O) groups is 1. The molecule has 0 saturated carbocycles. The van der Waals surface area contributed by atoms with Crippen molar-refractivity contribution in [2.45, 2.75) is 13.1 Å². The van der Waals surface area contributed by atoms with Crippen molar-refractivity contribution in [3.8, 4) is 5.69 Å². The van der Waals surface area contributed by atoms with Gasteiger partial charge < -0.3 is 14.7 Å². The zero-order valence-corrected chi connectivity index (χ0v) is 20.3. The number of hydrogen-bond donors (Lipinski definition) is 0. The normalized spacial score (nSPS) is 18.4. The lowest BCUT2D eigenvalue weighted by Crippen LogP contribution is -2.73. The van der Waals surface area contributed by atoms with Crippen molar-refractivity contribution < 1.29 is 9.18 Å². The Morgan fingerprint density at radius 3 is 2.63 bits per heavy atom. The molecule has 0 bridgehead atoms. The van der Waals surface area contributed by atoms with Crippen LogP contribution >= 0.6 is 11.6 Å². The number of halogens is 2. The fourth-order valence-electron chi connectivity index (χ4n) is 5.19. The second-order valence-electron chi connectivity index (χ2n) is 9.85. The summed E-state index contributed by atoms with van der Waals surface area (Å²) in [6.07, 6.45) is 1.44. The molecular formula is C23H25ClFN9O. The number of fused-ring (bicyclic) bond motifs is 3. The highest BCUT2D eigenvalue weighted by atomic mass is 35.5. The van der Waals surface area contributed by atoms with Gasteiger partial charge in [-0.25, -0.2) is 4.98 Å². The third-order valence-corrected chi connectivity index (χ3v) is 7.13. The molecule has 3 aromatic rings. The van der Waals surface area contributed by atoms with Crippen LogP contribution in [-0.4, -0.2) is 87.3 Å². The molecule has 0 atom stereocenters. The van der Waals surface area contributed by atoms with E-state index in [0.717, 1.165) is 49.2 Å². The third-order valence-electron chi connectivity index (χ3n) is 6.89. The average Bonchev–Trinajstić information content (AvgIpc) is 3.08. The summed E-state index contributed by atoms with van der Waals surface area (Å²) in [6, 6.07) is 7.06. The van der Waals surface area contributed by atoms with Gasteiger partial charge in [0.2, 0.25) is 23.8 Å². The van der Waals surface area contributed by atoms with Crippen molar-refractivity contribution in [3.05, 3.63) is 52.8 Å². The molecule has 2 aromatic heterocycles. The van der Waals surface area contributed by atoms with Crippen LogP contribution in [0.2, 0.25) is 5.02 Å². The number of carbonyl (C=O) groups excluding carboxylic acids is 1. The standard InChI is InChI=1S/C23H25ClFN9O/c1-30(2)20(35)10-31-8-15-7-16(24)3-4-17(15)34-19(9-31)28-29-22(34)33-13-23(14-33)11-32(12-23)21-26-6-5-18(25)27-21/h3-7H,8-14H2,1-2H3. The fourth-order valence-corrected chi connectivity index (χ4v) is 5.39. The first kappa shape index (κ1) is 22.2. The average molecular weight is 498 g/mol. The van der Waals surface area contributed by atoms with Gasteiger partial charge in [0.05, 0.1) is 18.8 Å². The summed E-state index contributed by atoms with van der Waals surface area (Å²) < 4.78 is 15.6. The minimum Gasteiger partial charge on any atom is -0.348 e. The molecule has 0 aliphatic carbocycles. The Bertz CT molecular complexity index is 1300. The predicted molar refractivity (Wildman–Crippen MR) is 128 cm³/mol. The van der Waals surface area contributed by atoms with Crippen LogP contribution in [0.15, 0.2) is 30.5 Å². The molecule has 2 fully saturated rings. The minimum absolute atomic E-state index is 0.0308. The Morgan fingerprint density at radius 1 is 1.11 bits per heavy atom. The topological polar surface area (TPSA) is 86.5 Å². The maximum Gasteiger partial charge on any atom is 0.236 e. The van der Waals surface area contributed by atoms with Gasteiger partial charge in [0.25, 0.3) is 0 Å². The number of amides is 1. The molecule has 3 aliphatic rings. The number of nitrogens with zero attached hydrogens (tertiary/aromatic N) is 9. The first-order chi connectivity index (χ1) is 16.8. The lowest BCUT2D eigenvalue weighted by Gasteiger charge is -2.60. The van der Waals surface area contributed by atoms with E-state index >= 15 is 0 Å². The predicted octanol–water partition coefficient (Wildman–Crippen LogP) is 1.58. The molecule has 3 aliphatic heterocycles. The van der Waals surface area contributed by atoms with Gasteiger partial charge in [0.1, 0.15) is 0 Å². The van der Waals surface area contributed by atoms with Crippen LogP contribution in [0.25, 0.3) is 5.69 Å². The molecule has 12 heteroatoms. The molecule has 0 N–H and O–H groups in total. The molecule has 1 spiro atoms. The Kier molecular flexibility index (Phi) is 5.15. The van der Waals surface area contributed by atoms with Crippen LogP contribution in [0.4, 0.5) is 16.3 Å². The van der Waals surface area contributed by atoms with Crippen LogP contribution in [0.3, 0.4) is 0 Å². The van der Waals surface area contributed by atoms with Crippen molar-refractivity contribution in [1.82, 2.24) is 34.5 Å². The lowest BCUT2D eigenvalue weighted by molar-refractivity contribution is -0.130. The van der Waals surface area contributed by atoms with E-state index in [1.807, 2.05) is 23.1 Å². The van der Waals surface area contributed by atoms with E-state index in [1.165, 1.54) is 12.3 Å². The first-order valence-corrected chi connectivity index (χ1v) is 11.8. The second-order valence-corrected chi connectivity index (χ2v) is 10.3. The van der Waals surface area contributed by atoms with E-state index in [4.69, 9.17) is 11.6 Å². The molecule has 0 unspecified atom stereocenters. The van der Waals surface area contributed by atoms with E-state index in [-0.39, 0.29) is 17.9 Å². The first-order valence-electron chi connectivity index (χ1n) is 11.4. The quantitative estimate of drug-likeness (QED) is 0.502. The molecule has 35 heavy (non-hydrogen) atoms. The number of benzene rings is 1. The summed E-state index contributed by atoms with van der Waals surface area (Å²) in [4.78, 5) is 28.4. The van der Waals surface area contributed by atoms with Crippen LogP contribution in [0, 0.1) is 11.4 Å². The zero-order valence-electron chi connectivity index (χ0n) is 19.5. The van der Waals surface area contributed by atoms with Gasteiger partial charge in [-0.15, -0.1) is 10.2 Å². The van der Waals surface area contributed by atoms with Crippen LogP contribution in [0.5, 0.6) is 0 Å². The summed E-state index contributed by atoms with van der Waals surface area (Å²) in [6.45, 7) is 4.58. The molecule has 5 heterocycles. The molecule has 6 rings (SSSR count). The maximum absolute atomic E-state index is 13.5. The summed E-state index contributed by atoms with van der Waals surface area (Å²) >= 11 is 6.33. The van der Waals surface area contributed by atoms with Gasteiger partial charge >= 0.3 is 0 Å². The Hall–Kier alpha value is -3.31. The van der Waals surface area contributed by atoms with E-state index < -0.39 is 5.95 Å². The van der Waals surface area contributed by atoms with E-state index in [9.17, 15) is 9.18 Å². The van der Waals surface area contributed by atoms with Crippen molar-refractivity contribution in [1.29, 1.82) is 0 Å². The molecule has 2 saturated heterocycles. The van der Waals surface area contributed by atoms with Gasteiger partial charge in [-0.1, -0.05) is 11.6 Å². The van der Waals surface area contributed by atoms with Crippen molar-refractivity contribution in [2.75, 3.05) is 56.6 Å². The fraction of sp³-hybridized carbons (Fsp3) is 0.435. The number of hydrogen-bond acceptors (Lipinski definition) is 8.